The monoisotopic (exact) mass is 426 g/mol. The lowest BCUT2D eigenvalue weighted by Crippen LogP contribution is -2.47. The van der Waals surface area contributed by atoms with Crippen LogP contribution in [0.1, 0.15) is 13.3 Å². The van der Waals surface area contributed by atoms with Gasteiger partial charge in [-0.15, -0.1) is 0 Å². The first kappa shape index (κ1) is 21.8. The van der Waals surface area contributed by atoms with Crippen molar-refractivity contribution in [3.05, 3.63) is 47.5 Å². The van der Waals surface area contributed by atoms with Crippen LogP contribution >= 0.6 is 11.6 Å². The lowest BCUT2D eigenvalue weighted by atomic mass is 10.1. The van der Waals surface area contributed by atoms with E-state index in [1.165, 1.54) is 13.2 Å². The Morgan fingerprint density at radius 3 is 2.25 bits per heavy atom. The predicted molar refractivity (Wildman–Crippen MR) is 111 cm³/mol. The Morgan fingerprint density at radius 2 is 1.79 bits per heavy atom. The van der Waals surface area contributed by atoms with Gasteiger partial charge in [-0.1, -0.05) is 18.5 Å². The summed E-state index contributed by atoms with van der Waals surface area (Å²) in [6.45, 7) is 1.74. The van der Waals surface area contributed by atoms with E-state index in [2.05, 4.69) is 5.32 Å². The fourth-order valence-electron chi connectivity index (χ4n) is 2.75. The first-order valence-corrected chi connectivity index (χ1v) is 10.7. The molecule has 2 aromatic carbocycles. The van der Waals surface area contributed by atoms with Gasteiger partial charge < -0.3 is 14.8 Å². The molecule has 28 heavy (non-hydrogen) atoms. The molecule has 1 amide bonds. The second-order valence-corrected chi connectivity index (χ2v) is 8.29. The molecule has 0 saturated heterocycles. The van der Waals surface area contributed by atoms with Crippen LogP contribution in [0.25, 0.3) is 0 Å². The lowest BCUT2D eigenvalue weighted by Gasteiger charge is -2.30. The van der Waals surface area contributed by atoms with Crippen molar-refractivity contribution in [2.45, 2.75) is 19.4 Å². The molecule has 1 N–H and O–H groups in total. The zero-order valence-corrected chi connectivity index (χ0v) is 17.7. The molecule has 0 saturated carbocycles. The molecular formula is C19H23ClN2O5S. The van der Waals surface area contributed by atoms with Crippen molar-refractivity contribution in [3.8, 4) is 11.5 Å². The molecule has 7 nitrogen and oxygen atoms in total. The molecular weight excluding hydrogens is 404 g/mol. The normalized spacial score (nSPS) is 12.2. The number of rotatable bonds is 8. The molecule has 0 aliphatic rings. The van der Waals surface area contributed by atoms with Crippen LogP contribution in [-0.2, 0) is 14.8 Å². The fourth-order valence-corrected chi connectivity index (χ4v) is 4.21. The molecule has 9 heteroatoms. The minimum Gasteiger partial charge on any atom is -0.497 e. The highest BCUT2D eigenvalue weighted by molar-refractivity contribution is 7.92. The number of nitrogens with zero attached hydrogens (tertiary/aromatic N) is 1. The molecule has 0 aromatic heterocycles. The molecule has 0 radical (unpaired) electrons. The number of sulfonamides is 1. The van der Waals surface area contributed by atoms with Crippen molar-refractivity contribution in [3.63, 3.8) is 0 Å². The minimum atomic E-state index is -3.76. The smallest absolute Gasteiger partial charge is 0.248 e. The van der Waals surface area contributed by atoms with Crippen molar-refractivity contribution >= 4 is 38.9 Å². The Balaban J connectivity index is 2.36. The molecule has 0 unspecified atom stereocenters. The molecule has 0 aliphatic heterocycles. The van der Waals surface area contributed by atoms with E-state index < -0.39 is 22.0 Å². The van der Waals surface area contributed by atoms with Gasteiger partial charge in [0, 0.05) is 5.69 Å². The molecule has 0 spiro atoms. The topological polar surface area (TPSA) is 84.9 Å². The number of nitrogens with one attached hydrogen (secondary N) is 1. The standard InChI is InChI=1S/C19H23ClN2O5S/c1-5-17(19(23)21-13-6-9-15(26-2)10-7-13)22(28(4,24)25)14-8-11-18(27-3)16(20)12-14/h6-12,17H,5H2,1-4H3,(H,21,23)/t17-/m0/s1. The van der Waals surface area contributed by atoms with Crippen LogP contribution in [0.4, 0.5) is 11.4 Å². The molecule has 0 fully saturated rings. The number of carbonyl (C=O) groups excluding carboxylic acids is 1. The maximum atomic E-state index is 12.9. The van der Waals surface area contributed by atoms with Crippen LogP contribution in [-0.4, -0.2) is 40.8 Å². The molecule has 152 valence electrons. The van der Waals surface area contributed by atoms with Gasteiger partial charge >= 0.3 is 0 Å². The van der Waals surface area contributed by atoms with E-state index >= 15 is 0 Å². The number of carbonyl (C=O) groups is 1. The average molecular weight is 427 g/mol. The third kappa shape index (κ3) is 5.08. The van der Waals surface area contributed by atoms with Crippen molar-refractivity contribution in [1.29, 1.82) is 0 Å². The summed E-state index contributed by atoms with van der Waals surface area (Å²) >= 11 is 6.15. The van der Waals surface area contributed by atoms with Gasteiger partial charge in [0.15, 0.2) is 0 Å². The van der Waals surface area contributed by atoms with E-state index in [1.54, 1.807) is 50.4 Å². The SMILES string of the molecule is CC[C@@H](C(=O)Nc1ccc(OC)cc1)N(c1ccc(OC)c(Cl)c1)S(C)(=O)=O. The van der Waals surface area contributed by atoms with Crippen LogP contribution in [0.5, 0.6) is 11.5 Å². The second kappa shape index (κ2) is 9.16. The Hall–Kier alpha value is -2.45. The average Bonchev–Trinajstić information content (AvgIpc) is 2.65. The van der Waals surface area contributed by atoms with Gasteiger partial charge in [0.05, 0.1) is 31.2 Å². The van der Waals surface area contributed by atoms with Gasteiger partial charge in [-0.05, 0) is 48.9 Å². The van der Waals surface area contributed by atoms with Gasteiger partial charge in [0.25, 0.3) is 0 Å². The summed E-state index contributed by atoms with van der Waals surface area (Å²) in [5.41, 5.74) is 0.815. The number of benzene rings is 2. The largest absolute Gasteiger partial charge is 0.497 e. The first-order chi connectivity index (χ1) is 13.2. The number of hydrogen-bond acceptors (Lipinski definition) is 5. The third-order valence-electron chi connectivity index (χ3n) is 4.08. The Kier molecular flexibility index (Phi) is 7.15. The summed E-state index contributed by atoms with van der Waals surface area (Å²) in [5.74, 6) is 0.607. The zero-order chi connectivity index (χ0) is 20.9. The summed E-state index contributed by atoms with van der Waals surface area (Å²) in [4.78, 5) is 12.9. The summed E-state index contributed by atoms with van der Waals surface area (Å²) in [6, 6.07) is 10.4. The van der Waals surface area contributed by atoms with Crippen LogP contribution in [0.3, 0.4) is 0 Å². The molecule has 0 aliphatic carbocycles. The minimum absolute atomic E-state index is 0.249. The van der Waals surface area contributed by atoms with Gasteiger partial charge in [0.1, 0.15) is 17.5 Å². The van der Waals surface area contributed by atoms with Crippen molar-refractivity contribution in [1.82, 2.24) is 0 Å². The number of methoxy groups -OCH3 is 2. The number of ether oxygens (including phenoxy) is 2. The maximum Gasteiger partial charge on any atom is 0.248 e. The number of halogens is 1. The van der Waals surface area contributed by atoms with E-state index in [4.69, 9.17) is 21.1 Å². The zero-order valence-electron chi connectivity index (χ0n) is 16.1. The summed E-state index contributed by atoms with van der Waals surface area (Å²) in [6.07, 6.45) is 1.31. The second-order valence-electron chi connectivity index (χ2n) is 6.02. The van der Waals surface area contributed by atoms with E-state index in [-0.39, 0.29) is 17.1 Å². The summed E-state index contributed by atoms with van der Waals surface area (Å²) in [7, 11) is -0.750. The third-order valence-corrected chi connectivity index (χ3v) is 5.55. The van der Waals surface area contributed by atoms with Crippen LogP contribution in [0.2, 0.25) is 5.02 Å². The Labute approximate surface area is 170 Å². The predicted octanol–water partition coefficient (Wildman–Crippen LogP) is 3.54. The molecule has 2 aromatic rings. The number of anilines is 2. The van der Waals surface area contributed by atoms with Gasteiger partial charge in [-0.25, -0.2) is 8.42 Å². The van der Waals surface area contributed by atoms with Crippen LogP contribution < -0.4 is 19.1 Å². The highest BCUT2D eigenvalue weighted by Gasteiger charge is 2.32. The Bertz CT molecular complexity index is 932. The van der Waals surface area contributed by atoms with Gasteiger partial charge in [0.2, 0.25) is 15.9 Å². The summed E-state index contributed by atoms with van der Waals surface area (Å²) in [5, 5.41) is 2.99. The van der Waals surface area contributed by atoms with Crippen LogP contribution in [0.15, 0.2) is 42.5 Å². The van der Waals surface area contributed by atoms with E-state index in [0.717, 1.165) is 10.6 Å². The van der Waals surface area contributed by atoms with Crippen molar-refractivity contribution in [2.75, 3.05) is 30.1 Å². The van der Waals surface area contributed by atoms with E-state index in [1.807, 2.05) is 0 Å². The molecule has 2 rings (SSSR count). The maximum absolute atomic E-state index is 12.9. The first-order valence-electron chi connectivity index (χ1n) is 8.49. The fraction of sp³-hybridized carbons (Fsp3) is 0.316. The van der Waals surface area contributed by atoms with Crippen molar-refractivity contribution in [2.24, 2.45) is 0 Å². The van der Waals surface area contributed by atoms with Crippen LogP contribution in [0, 0.1) is 0 Å². The quantitative estimate of drug-likeness (QED) is 0.697. The highest BCUT2D eigenvalue weighted by atomic mass is 35.5. The lowest BCUT2D eigenvalue weighted by molar-refractivity contribution is -0.117. The van der Waals surface area contributed by atoms with Crippen molar-refractivity contribution < 1.29 is 22.7 Å². The van der Waals surface area contributed by atoms with E-state index in [0.29, 0.717) is 17.2 Å². The molecule has 1 atom stereocenters. The van der Waals surface area contributed by atoms with Gasteiger partial charge in [-0.3, -0.25) is 9.10 Å². The highest BCUT2D eigenvalue weighted by Crippen LogP contribution is 2.32. The Morgan fingerprint density at radius 1 is 1.14 bits per heavy atom. The number of hydrogen-bond donors (Lipinski definition) is 1. The van der Waals surface area contributed by atoms with E-state index in [9.17, 15) is 13.2 Å². The molecule has 0 heterocycles. The number of amides is 1. The summed E-state index contributed by atoms with van der Waals surface area (Å²) < 4.78 is 36.3. The molecule has 0 bridgehead atoms. The van der Waals surface area contributed by atoms with Gasteiger partial charge in [-0.2, -0.15) is 0 Å².